The Labute approximate surface area is 74.3 Å². The Morgan fingerprint density at radius 1 is 1.29 bits per heavy atom. The lowest BCUT2D eigenvalue weighted by Gasteiger charge is -2.09. The Kier molecular flexibility index (Phi) is 2.45. The number of ether oxygens (including phenoxy) is 1. The van der Waals surface area contributed by atoms with Crippen LogP contribution in [0, 0.1) is 11.6 Å². The van der Waals surface area contributed by atoms with Crippen LogP contribution < -0.4 is 10.5 Å². The third-order valence-electron chi connectivity index (χ3n) is 1.18. The fourth-order valence-corrected chi connectivity index (χ4v) is 0.655. The predicted molar refractivity (Wildman–Crippen MR) is 35.2 cm³/mol. The minimum atomic E-state index is -5.05. The van der Waals surface area contributed by atoms with E-state index in [1.54, 1.807) is 0 Å². The Morgan fingerprint density at radius 3 is 2.36 bits per heavy atom. The minimum absolute atomic E-state index is 0.243. The fraction of sp³-hybridized carbons (Fsp3) is 0.167. The van der Waals surface area contributed by atoms with Crippen molar-refractivity contribution in [3.05, 3.63) is 17.8 Å². The lowest BCUT2D eigenvalue weighted by Crippen LogP contribution is -2.19. The molecule has 0 aromatic carbocycles. The third kappa shape index (κ3) is 2.21. The molecule has 0 atom stereocenters. The lowest BCUT2D eigenvalue weighted by molar-refractivity contribution is -0.275. The first-order valence-electron chi connectivity index (χ1n) is 3.16. The fourth-order valence-electron chi connectivity index (χ4n) is 0.655. The standard InChI is InChI=1S/C6H3F5N2O/c7-2-1-13-5(4(12)3(2)8)14-6(9,10)11/h1H,12H2. The molecule has 0 bridgehead atoms. The molecular formula is C6H3F5N2O. The summed E-state index contributed by atoms with van der Waals surface area (Å²) in [5.74, 6) is -4.28. The highest BCUT2D eigenvalue weighted by molar-refractivity contribution is 5.49. The summed E-state index contributed by atoms with van der Waals surface area (Å²) in [5.41, 5.74) is 3.67. The van der Waals surface area contributed by atoms with Crippen LogP contribution in [0.3, 0.4) is 0 Å². The molecule has 0 aliphatic heterocycles. The van der Waals surface area contributed by atoms with Gasteiger partial charge in [-0.2, -0.15) is 0 Å². The molecule has 2 N–H and O–H groups in total. The number of nitrogen functional groups attached to an aromatic ring is 1. The number of anilines is 1. The van der Waals surface area contributed by atoms with E-state index in [9.17, 15) is 22.0 Å². The Balaban J connectivity index is 3.06. The zero-order chi connectivity index (χ0) is 10.9. The largest absolute Gasteiger partial charge is 0.574 e. The first-order chi connectivity index (χ1) is 6.31. The maximum atomic E-state index is 12.6. The molecule has 1 aromatic heterocycles. The van der Waals surface area contributed by atoms with E-state index in [1.165, 1.54) is 0 Å². The molecule has 1 heterocycles. The highest BCUT2D eigenvalue weighted by Gasteiger charge is 2.33. The Morgan fingerprint density at radius 2 is 1.86 bits per heavy atom. The second-order valence-electron chi connectivity index (χ2n) is 2.19. The molecule has 8 heteroatoms. The average Bonchev–Trinajstić information content (AvgIpc) is 2.04. The minimum Gasteiger partial charge on any atom is -0.392 e. The van der Waals surface area contributed by atoms with Crippen molar-refractivity contribution in [3.63, 3.8) is 0 Å². The molecular weight excluding hydrogens is 211 g/mol. The van der Waals surface area contributed by atoms with Gasteiger partial charge in [0.25, 0.3) is 0 Å². The van der Waals surface area contributed by atoms with Crippen LogP contribution in [-0.4, -0.2) is 11.3 Å². The summed E-state index contributed by atoms with van der Waals surface area (Å²) >= 11 is 0. The van der Waals surface area contributed by atoms with Crippen LogP contribution in [0.15, 0.2) is 6.20 Å². The van der Waals surface area contributed by atoms with E-state index in [1.807, 2.05) is 0 Å². The zero-order valence-corrected chi connectivity index (χ0v) is 6.40. The first kappa shape index (κ1) is 10.5. The second kappa shape index (κ2) is 3.28. The number of nitrogens with zero attached hydrogens (tertiary/aromatic N) is 1. The second-order valence-corrected chi connectivity index (χ2v) is 2.19. The topological polar surface area (TPSA) is 48.1 Å². The smallest absolute Gasteiger partial charge is 0.392 e. The molecule has 14 heavy (non-hydrogen) atoms. The highest BCUT2D eigenvalue weighted by Crippen LogP contribution is 2.28. The lowest BCUT2D eigenvalue weighted by atomic mass is 10.4. The Bertz CT molecular complexity index is 351. The molecule has 0 amide bonds. The Hall–Kier alpha value is -1.60. The molecule has 0 fully saturated rings. The van der Waals surface area contributed by atoms with Crippen molar-refractivity contribution >= 4 is 5.69 Å². The monoisotopic (exact) mass is 214 g/mol. The number of rotatable bonds is 1. The van der Waals surface area contributed by atoms with Crippen molar-refractivity contribution in [2.24, 2.45) is 0 Å². The van der Waals surface area contributed by atoms with Crippen molar-refractivity contribution in [1.82, 2.24) is 4.98 Å². The van der Waals surface area contributed by atoms with Crippen molar-refractivity contribution < 1.29 is 26.7 Å². The van der Waals surface area contributed by atoms with E-state index in [-0.39, 0.29) is 6.20 Å². The summed E-state index contributed by atoms with van der Waals surface area (Å²) in [6, 6.07) is 0. The van der Waals surface area contributed by atoms with Crippen LogP contribution in [0.1, 0.15) is 0 Å². The number of nitrogens with two attached hydrogens (primary N) is 1. The number of aromatic nitrogens is 1. The van der Waals surface area contributed by atoms with Crippen molar-refractivity contribution in [3.8, 4) is 5.88 Å². The number of hydrogen-bond acceptors (Lipinski definition) is 3. The third-order valence-corrected chi connectivity index (χ3v) is 1.18. The quantitative estimate of drug-likeness (QED) is 0.725. The summed E-state index contributed by atoms with van der Waals surface area (Å²) in [5, 5.41) is 0. The van der Waals surface area contributed by atoms with Gasteiger partial charge in [0, 0.05) is 0 Å². The molecule has 0 spiro atoms. The summed E-state index contributed by atoms with van der Waals surface area (Å²) in [4.78, 5) is 2.84. The first-order valence-corrected chi connectivity index (χ1v) is 3.16. The molecule has 0 saturated heterocycles. The van der Waals surface area contributed by atoms with Gasteiger partial charge in [-0.1, -0.05) is 0 Å². The molecule has 0 aliphatic carbocycles. The zero-order valence-electron chi connectivity index (χ0n) is 6.40. The number of alkyl halides is 3. The molecule has 1 rings (SSSR count). The SMILES string of the molecule is Nc1c(OC(F)(F)F)ncc(F)c1F. The summed E-state index contributed by atoms with van der Waals surface area (Å²) < 4.78 is 63.0. The molecule has 0 aliphatic rings. The van der Waals surface area contributed by atoms with Gasteiger partial charge >= 0.3 is 6.36 Å². The van der Waals surface area contributed by atoms with Crippen LogP contribution in [0.2, 0.25) is 0 Å². The number of halogens is 5. The number of pyridine rings is 1. The van der Waals surface area contributed by atoms with Gasteiger partial charge in [0.05, 0.1) is 6.20 Å². The van der Waals surface area contributed by atoms with E-state index in [0.717, 1.165) is 0 Å². The van der Waals surface area contributed by atoms with Gasteiger partial charge < -0.3 is 10.5 Å². The number of hydrogen-bond donors (Lipinski definition) is 1. The van der Waals surface area contributed by atoms with E-state index >= 15 is 0 Å². The van der Waals surface area contributed by atoms with Crippen molar-refractivity contribution in [1.29, 1.82) is 0 Å². The van der Waals surface area contributed by atoms with E-state index in [2.05, 4.69) is 9.72 Å². The van der Waals surface area contributed by atoms with Crippen LogP contribution in [0.5, 0.6) is 5.88 Å². The van der Waals surface area contributed by atoms with Crippen LogP contribution in [-0.2, 0) is 0 Å². The maximum absolute atomic E-state index is 12.6. The van der Waals surface area contributed by atoms with Crippen molar-refractivity contribution in [2.75, 3.05) is 5.73 Å². The predicted octanol–water partition coefficient (Wildman–Crippen LogP) is 1.84. The molecule has 1 aromatic rings. The molecule has 0 unspecified atom stereocenters. The molecule has 0 radical (unpaired) electrons. The van der Waals surface area contributed by atoms with Gasteiger partial charge in [0.15, 0.2) is 11.6 Å². The van der Waals surface area contributed by atoms with E-state index in [4.69, 9.17) is 5.73 Å². The molecule has 3 nitrogen and oxygen atoms in total. The highest BCUT2D eigenvalue weighted by atomic mass is 19.4. The van der Waals surface area contributed by atoms with Gasteiger partial charge in [-0.3, -0.25) is 0 Å². The molecule has 78 valence electrons. The van der Waals surface area contributed by atoms with Crippen LogP contribution >= 0.6 is 0 Å². The normalized spacial score (nSPS) is 11.5. The van der Waals surface area contributed by atoms with Gasteiger partial charge in [-0.25, -0.2) is 13.8 Å². The summed E-state index contributed by atoms with van der Waals surface area (Å²) in [7, 11) is 0. The van der Waals surface area contributed by atoms with Gasteiger partial charge in [-0.05, 0) is 0 Å². The average molecular weight is 214 g/mol. The van der Waals surface area contributed by atoms with Crippen LogP contribution in [0.4, 0.5) is 27.6 Å². The van der Waals surface area contributed by atoms with E-state index < -0.39 is 29.6 Å². The van der Waals surface area contributed by atoms with Gasteiger partial charge in [0.1, 0.15) is 5.69 Å². The maximum Gasteiger partial charge on any atom is 0.574 e. The molecule has 0 saturated carbocycles. The summed E-state index contributed by atoms with van der Waals surface area (Å²) in [6.07, 6.45) is -4.81. The van der Waals surface area contributed by atoms with Gasteiger partial charge in [-0.15, -0.1) is 13.2 Å². The van der Waals surface area contributed by atoms with Crippen molar-refractivity contribution in [2.45, 2.75) is 6.36 Å². The van der Waals surface area contributed by atoms with Crippen LogP contribution in [0.25, 0.3) is 0 Å². The summed E-state index contributed by atoms with van der Waals surface area (Å²) in [6.45, 7) is 0. The van der Waals surface area contributed by atoms with E-state index in [0.29, 0.717) is 0 Å². The van der Waals surface area contributed by atoms with Gasteiger partial charge in [0.2, 0.25) is 5.88 Å².